The van der Waals surface area contributed by atoms with Gasteiger partial charge in [0, 0.05) is 6.20 Å². The standard InChI is InChI=1S/C13H18F4INOSi/c1-12(2,3)21(4,5)20-11(13(15,16)17)10-9(14)8(18)6-7-19-10/h6-7,11H,1-5H3. The fourth-order valence-electron chi connectivity index (χ4n) is 1.37. The third kappa shape index (κ3) is 4.38. The summed E-state index contributed by atoms with van der Waals surface area (Å²) < 4.78 is 59.5. The van der Waals surface area contributed by atoms with Crippen LogP contribution in [-0.4, -0.2) is 19.5 Å². The molecule has 1 unspecified atom stereocenters. The summed E-state index contributed by atoms with van der Waals surface area (Å²) in [7, 11) is -2.73. The van der Waals surface area contributed by atoms with Crippen LogP contribution in [0.4, 0.5) is 17.6 Å². The normalized spacial score (nSPS) is 15.1. The number of rotatable bonds is 3. The molecule has 0 radical (unpaired) electrons. The first-order valence-corrected chi connectivity index (χ1v) is 10.3. The average Bonchev–Trinajstić information content (AvgIpc) is 2.27. The molecule has 120 valence electrons. The van der Waals surface area contributed by atoms with E-state index in [1.807, 2.05) is 20.8 Å². The quantitative estimate of drug-likeness (QED) is 0.358. The molecule has 0 fully saturated rings. The minimum Gasteiger partial charge on any atom is -0.401 e. The molecule has 1 aromatic heterocycles. The molecule has 0 saturated heterocycles. The number of hydrogen-bond acceptors (Lipinski definition) is 2. The van der Waals surface area contributed by atoms with E-state index in [0.29, 0.717) is 0 Å². The highest BCUT2D eigenvalue weighted by molar-refractivity contribution is 14.1. The zero-order valence-corrected chi connectivity index (χ0v) is 15.6. The number of aromatic nitrogens is 1. The van der Waals surface area contributed by atoms with E-state index in [4.69, 9.17) is 4.43 Å². The predicted octanol–water partition coefficient (Wildman–Crippen LogP) is 5.45. The molecular weight excluding hydrogens is 417 g/mol. The van der Waals surface area contributed by atoms with E-state index < -0.39 is 37.1 Å². The number of halogens is 5. The minimum absolute atomic E-state index is 0.0886. The van der Waals surface area contributed by atoms with E-state index in [-0.39, 0.29) is 3.57 Å². The summed E-state index contributed by atoms with van der Waals surface area (Å²) in [6.07, 6.45) is -5.89. The van der Waals surface area contributed by atoms with Crippen LogP contribution in [0.3, 0.4) is 0 Å². The van der Waals surface area contributed by atoms with Crippen LogP contribution in [0, 0.1) is 9.39 Å². The fraction of sp³-hybridized carbons (Fsp3) is 0.615. The van der Waals surface area contributed by atoms with Crippen molar-refractivity contribution in [1.29, 1.82) is 0 Å². The molecule has 21 heavy (non-hydrogen) atoms. The van der Waals surface area contributed by atoms with Crippen molar-refractivity contribution in [3.63, 3.8) is 0 Å². The second kappa shape index (κ2) is 6.11. The molecule has 0 saturated carbocycles. The second-order valence-corrected chi connectivity index (χ2v) is 12.2. The van der Waals surface area contributed by atoms with Gasteiger partial charge in [-0.05, 0) is 46.8 Å². The van der Waals surface area contributed by atoms with Crippen molar-refractivity contribution in [3.05, 3.63) is 27.3 Å². The Hall–Kier alpha value is -0.223. The van der Waals surface area contributed by atoms with Crippen molar-refractivity contribution in [1.82, 2.24) is 4.98 Å². The summed E-state index contributed by atoms with van der Waals surface area (Å²) >= 11 is 1.64. The molecule has 0 aliphatic carbocycles. The van der Waals surface area contributed by atoms with Gasteiger partial charge in [-0.15, -0.1) is 0 Å². The average molecular weight is 435 g/mol. The summed E-state index contributed by atoms with van der Waals surface area (Å²) in [5.41, 5.74) is -0.695. The Morgan fingerprint density at radius 1 is 1.24 bits per heavy atom. The lowest BCUT2D eigenvalue weighted by molar-refractivity contribution is -0.203. The summed E-state index contributed by atoms with van der Waals surface area (Å²) in [6, 6.07) is 1.32. The second-order valence-electron chi connectivity index (χ2n) is 6.29. The Morgan fingerprint density at radius 3 is 2.19 bits per heavy atom. The zero-order valence-electron chi connectivity index (χ0n) is 12.5. The molecule has 8 heteroatoms. The maximum Gasteiger partial charge on any atom is 0.419 e. The van der Waals surface area contributed by atoms with Crippen LogP contribution in [0.25, 0.3) is 0 Å². The molecule has 0 N–H and O–H groups in total. The highest BCUT2D eigenvalue weighted by Crippen LogP contribution is 2.44. The van der Waals surface area contributed by atoms with Crippen LogP contribution in [0.15, 0.2) is 12.3 Å². The lowest BCUT2D eigenvalue weighted by atomic mass is 10.2. The first-order chi connectivity index (χ1) is 9.27. The maximum absolute atomic E-state index is 14.0. The molecule has 1 aromatic rings. The third-order valence-electron chi connectivity index (χ3n) is 3.63. The maximum atomic E-state index is 14.0. The van der Waals surface area contributed by atoms with Crippen molar-refractivity contribution >= 4 is 30.9 Å². The van der Waals surface area contributed by atoms with Crippen LogP contribution in [0.2, 0.25) is 18.1 Å². The molecule has 1 heterocycles. The van der Waals surface area contributed by atoms with Crippen molar-refractivity contribution in [3.8, 4) is 0 Å². The molecule has 0 aromatic carbocycles. The van der Waals surface area contributed by atoms with Crippen molar-refractivity contribution < 1.29 is 22.0 Å². The number of hydrogen-bond donors (Lipinski definition) is 0. The zero-order chi connectivity index (χ0) is 16.6. The van der Waals surface area contributed by atoms with Crippen molar-refractivity contribution in [2.45, 2.75) is 51.2 Å². The van der Waals surface area contributed by atoms with Gasteiger partial charge in [0.05, 0.1) is 3.57 Å². The first kappa shape index (κ1) is 18.8. The van der Waals surface area contributed by atoms with Crippen LogP contribution in [-0.2, 0) is 4.43 Å². The van der Waals surface area contributed by atoms with Gasteiger partial charge in [-0.3, -0.25) is 4.98 Å². The van der Waals surface area contributed by atoms with Gasteiger partial charge in [0.1, 0.15) is 5.69 Å². The van der Waals surface area contributed by atoms with Gasteiger partial charge in [-0.25, -0.2) is 4.39 Å². The van der Waals surface area contributed by atoms with E-state index in [2.05, 4.69) is 4.98 Å². The third-order valence-corrected chi connectivity index (χ3v) is 8.90. The predicted molar refractivity (Wildman–Crippen MR) is 84.0 cm³/mol. The van der Waals surface area contributed by atoms with Gasteiger partial charge in [0.15, 0.2) is 20.2 Å². The van der Waals surface area contributed by atoms with Gasteiger partial charge in [0.2, 0.25) is 0 Å². The lowest BCUT2D eigenvalue weighted by Gasteiger charge is -2.39. The van der Waals surface area contributed by atoms with E-state index in [9.17, 15) is 17.6 Å². The molecule has 0 aliphatic heterocycles. The Kier molecular flexibility index (Phi) is 5.48. The topological polar surface area (TPSA) is 22.1 Å². The lowest BCUT2D eigenvalue weighted by Crippen LogP contribution is -2.45. The highest BCUT2D eigenvalue weighted by Gasteiger charge is 2.50. The summed E-state index contributed by atoms with van der Waals surface area (Å²) in [6.45, 7) is 8.86. The smallest absolute Gasteiger partial charge is 0.401 e. The molecule has 1 atom stereocenters. The Bertz CT molecular complexity index is 514. The fourth-order valence-corrected chi connectivity index (χ4v) is 2.99. The van der Waals surface area contributed by atoms with Gasteiger partial charge in [-0.2, -0.15) is 13.2 Å². The van der Waals surface area contributed by atoms with Crippen molar-refractivity contribution in [2.24, 2.45) is 0 Å². The van der Waals surface area contributed by atoms with Gasteiger partial charge in [-0.1, -0.05) is 20.8 Å². The van der Waals surface area contributed by atoms with Crippen LogP contribution in [0.5, 0.6) is 0 Å². The number of pyridine rings is 1. The first-order valence-electron chi connectivity index (χ1n) is 6.32. The molecule has 0 spiro atoms. The van der Waals surface area contributed by atoms with Gasteiger partial charge < -0.3 is 4.43 Å². The molecule has 0 aliphatic rings. The SMILES string of the molecule is CC(C)(C)[Si](C)(C)OC(c1nccc(I)c1F)C(F)(F)F. The molecule has 1 rings (SSSR count). The molecule has 0 bridgehead atoms. The molecule has 2 nitrogen and oxygen atoms in total. The van der Waals surface area contributed by atoms with E-state index in [1.54, 1.807) is 35.7 Å². The van der Waals surface area contributed by atoms with Crippen LogP contribution >= 0.6 is 22.6 Å². The van der Waals surface area contributed by atoms with Crippen LogP contribution in [0.1, 0.15) is 32.6 Å². The summed E-state index contributed by atoms with van der Waals surface area (Å²) in [4.78, 5) is 3.57. The largest absolute Gasteiger partial charge is 0.419 e. The van der Waals surface area contributed by atoms with E-state index in [1.165, 1.54) is 6.07 Å². The Balaban J connectivity index is 3.30. The monoisotopic (exact) mass is 435 g/mol. The summed E-state index contributed by atoms with van der Waals surface area (Å²) in [5.74, 6) is -0.973. The molecular formula is C13H18F4INOSi. The Labute approximate surface area is 136 Å². The van der Waals surface area contributed by atoms with Gasteiger partial charge >= 0.3 is 6.18 Å². The molecule has 0 amide bonds. The Morgan fingerprint density at radius 2 is 1.76 bits per heavy atom. The van der Waals surface area contributed by atoms with Crippen LogP contribution < -0.4 is 0 Å². The number of nitrogens with zero attached hydrogens (tertiary/aromatic N) is 1. The highest BCUT2D eigenvalue weighted by atomic mass is 127. The van der Waals surface area contributed by atoms with E-state index >= 15 is 0 Å². The van der Waals surface area contributed by atoms with Gasteiger partial charge in [0.25, 0.3) is 0 Å². The minimum atomic E-state index is -4.71. The summed E-state index contributed by atoms with van der Waals surface area (Å²) in [5, 5.41) is -0.422. The van der Waals surface area contributed by atoms with Crippen molar-refractivity contribution in [2.75, 3.05) is 0 Å². The van der Waals surface area contributed by atoms with E-state index in [0.717, 1.165) is 6.20 Å². The number of alkyl halides is 3.